The second-order valence-corrected chi connectivity index (χ2v) is 3.27. The molecule has 3 aromatic rings. The van der Waals surface area contributed by atoms with E-state index in [1.165, 1.54) is 0 Å². The molecule has 0 spiro atoms. The topological polar surface area (TPSA) is 82.5 Å². The number of anilines is 1. The van der Waals surface area contributed by atoms with Crippen molar-refractivity contribution in [2.75, 3.05) is 5.73 Å². The first-order valence-electron chi connectivity index (χ1n) is 4.74. The van der Waals surface area contributed by atoms with Crippen molar-refractivity contribution in [1.82, 2.24) is 25.0 Å². The Hall–Kier alpha value is -2.50. The zero-order valence-electron chi connectivity index (χ0n) is 8.28. The van der Waals surface area contributed by atoms with E-state index in [0.717, 1.165) is 5.69 Å². The van der Waals surface area contributed by atoms with Crippen LogP contribution in [0.15, 0.2) is 36.5 Å². The molecule has 16 heavy (non-hydrogen) atoms. The fourth-order valence-electron chi connectivity index (χ4n) is 1.48. The molecule has 0 aliphatic heterocycles. The maximum absolute atomic E-state index is 5.54. The summed E-state index contributed by atoms with van der Waals surface area (Å²) in [7, 11) is 0. The normalized spacial score (nSPS) is 10.8. The lowest BCUT2D eigenvalue weighted by Gasteiger charge is -2.00. The monoisotopic (exact) mass is 212 g/mol. The van der Waals surface area contributed by atoms with Crippen LogP contribution in [0, 0.1) is 0 Å². The van der Waals surface area contributed by atoms with Crippen molar-refractivity contribution in [3.05, 3.63) is 36.5 Å². The summed E-state index contributed by atoms with van der Waals surface area (Å²) in [5.74, 6) is 0.215. The zero-order chi connectivity index (χ0) is 11.0. The summed E-state index contributed by atoms with van der Waals surface area (Å²) in [6.07, 6.45) is 1.56. The van der Waals surface area contributed by atoms with Crippen molar-refractivity contribution < 1.29 is 0 Å². The molecule has 0 unspecified atom stereocenters. The Labute approximate surface area is 90.7 Å². The van der Waals surface area contributed by atoms with Gasteiger partial charge in [0.15, 0.2) is 11.2 Å². The van der Waals surface area contributed by atoms with E-state index >= 15 is 0 Å². The minimum Gasteiger partial charge on any atom is -0.368 e. The van der Waals surface area contributed by atoms with E-state index in [1.807, 2.05) is 30.3 Å². The van der Waals surface area contributed by atoms with Gasteiger partial charge in [-0.25, -0.2) is 4.98 Å². The van der Waals surface area contributed by atoms with Crippen molar-refractivity contribution in [3.8, 4) is 5.69 Å². The molecule has 78 valence electrons. The second-order valence-electron chi connectivity index (χ2n) is 3.27. The Morgan fingerprint density at radius 1 is 1.12 bits per heavy atom. The smallest absolute Gasteiger partial charge is 0.222 e. The highest BCUT2D eigenvalue weighted by atomic mass is 15.4. The summed E-state index contributed by atoms with van der Waals surface area (Å²) in [6.45, 7) is 0. The number of aromatic nitrogens is 5. The standard InChI is InChI=1S/C10H8N6/c11-10-12-6-8-9(13-10)16(15-14-8)7-4-2-1-3-5-7/h1-6H,(H2,11,12,13). The molecule has 0 aliphatic carbocycles. The molecule has 0 bridgehead atoms. The van der Waals surface area contributed by atoms with Gasteiger partial charge < -0.3 is 5.73 Å². The molecule has 0 saturated carbocycles. The lowest BCUT2D eigenvalue weighted by molar-refractivity contribution is 0.817. The molecular weight excluding hydrogens is 204 g/mol. The number of fused-ring (bicyclic) bond motifs is 1. The lowest BCUT2D eigenvalue weighted by Crippen LogP contribution is -2.00. The number of nitrogens with two attached hydrogens (primary N) is 1. The van der Waals surface area contributed by atoms with Crippen LogP contribution in [0.1, 0.15) is 0 Å². The third kappa shape index (κ3) is 1.28. The van der Waals surface area contributed by atoms with Crippen LogP contribution >= 0.6 is 0 Å². The van der Waals surface area contributed by atoms with E-state index in [4.69, 9.17) is 5.73 Å². The molecule has 2 aromatic heterocycles. The van der Waals surface area contributed by atoms with Gasteiger partial charge in [0, 0.05) is 0 Å². The molecule has 0 saturated heterocycles. The minimum absolute atomic E-state index is 0.215. The first-order chi connectivity index (χ1) is 7.84. The molecule has 0 aliphatic rings. The first-order valence-corrected chi connectivity index (χ1v) is 4.74. The Morgan fingerprint density at radius 2 is 1.94 bits per heavy atom. The molecule has 6 heteroatoms. The van der Waals surface area contributed by atoms with Crippen LogP contribution in [-0.2, 0) is 0 Å². The predicted octanol–water partition coefficient (Wildman–Crippen LogP) is 0.793. The van der Waals surface area contributed by atoms with Gasteiger partial charge in [-0.15, -0.1) is 5.10 Å². The molecule has 0 amide bonds. The Morgan fingerprint density at radius 3 is 2.75 bits per heavy atom. The Kier molecular flexibility index (Phi) is 1.79. The van der Waals surface area contributed by atoms with Gasteiger partial charge in [0.2, 0.25) is 5.95 Å². The largest absolute Gasteiger partial charge is 0.368 e. The van der Waals surface area contributed by atoms with Gasteiger partial charge in [-0.1, -0.05) is 23.4 Å². The SMILES string of the molecule is Nc1ncc2nnn(-c3ccccc3)c2n1. The molecule has 1 aromatic carbocycles. The van der Waals surface area contributed by atoms with Gasteiger partial charge in [0.1, 0.15) is 0 Å². The minimum atomic E-state index is 0.215. The maximum atomic E-state index is 5.54. The number of nitrogens with zero attached hydrogens (tertiary/aromatic N) is 5. The lowest BCUT2D eigenvalue weighted by atomic mass is 10.3. The molecule has 0 fully saturated rings. The quantitative estimate of drug-likeness (QED) is 0.644. The van der Waals surface area contributed by atoms with Gasteiger partial charge in [0.05, 0.1) is 11.9 Å². The molecule has 0 radical (unpaired) electrons. The number of nitrogen functional groups attached to an aromatic ring is 1. The highest BCUT2D eigenvalue weighted by molar-refractivity contribution is 5.71. The van der Waals surface area contributed by atoms with Crippen LogP contribution in [0.2, 0.25) is 0 Å². The van der Waals surface area contributed by atoms with E-state index in [1.54, 1.807) is 10.9 Å². The Bertz CT molecular complexity index is 630. The molecule has 6 nitrogen and oxygen atoms in total. The summed E-state index contributed by atoms with van der Waals surface area (Å²) in [6, 6.07) is 9.63. The molecular formula is C10H8N6. The fourth-order valence-corrected chi connectivity index (χ4v) is 1.48. The van der Waals surface area contributed by atoms with Crippen LogP contribution in [0.5, 0.6) is 0 Å². The number of para-hydroxylation sites is 1. The van der Waals surface area contributed by atoms with Crippen LogP contribution in [0.25, 0.3) is 16.9 Å². The number of hydrogen-bond donors (Lipinski definition) is 1. The molecule has 3 rings (SSSR count). The van der Waals surface area contributed by atoms with Gasteiger partial charge in [0.25, 0.3) is 0 Å². The molecule has 0 atom stereocenters. The van der Waals surface area contributed by atoms with Crippen LogP contribution in [-0.4, -0.2) is 25.0 Å². The van der Waals surface area contributed by atoms with Crippen molar-refractivity contribution >= 4 is 17.1 Å². The zero-order valence-corrected chi connectivity index (χ0v) is 8.28. The van der Waals surface area contributed by atoms with E-state index < -0.39 is 0 Å². The van der Waals surface area contributed by atoms with E-state index in [0.29, 0.717) is 11.2 Å². The predicted molar refractivity (Wildman–Crippen MR) is 58.9 cm³/mol. The average Bonchev–Trinajstić information content (AvgIpc) is 2.73. The number of benzene rings is 1. The van der Waals surface area contributed by atoms with Crippen molar-refractivity contribution in [3.63, 3.8) is 0 Å². The van der Waals surface area contributed by atoms with E-state index in [-0.39, 0.29) is 5.95 Å². The maximum Gasteiger partial charge on any atom is 0.222 e. The summed E-state index contributed by atoms with van der Waals surface area (Å²) >= 11 is 0. The highest BCUT2D eigenvalue weighted by Gasteiger charge is 2.07. The third-order valence-corrected chi connectivity index (χ3v) is 2.21. The average molecular weight is 212 g/mol. The van der Waals surface area contributed by atoms with Gasteiger partial charge in [-0.3, -0.25) is 0 Å². The van der Waals surface area contributed by atoms with E-state index in [2.05, 4.69) is 20.3 Å². The first kappa shape index (κ1) is 8.78. The Balaban J connectivity index is 2.29. The third-order valence-electron chi connectivity index (χ3n) is 2.21. The van der Waals surface area contributed by atoms with Crippen molar-refractivity contribution in [2.24, 2.45) is 0 Å². The number of hydrogen-bond acceptors (Lipinski definition) is 5. The van der Waals surface area contributed by atoms with Crippen molar-refractivity contribution in [2.45, 2.75) is 0 Å². The second kappa shape index (κ2) is 3.27. The molecule has 2 N–H and O–H groups in total. The van der Waals surface area contributed by atoms with Crippen LogP contribution in [0.4, 0.5) is 5.95 Å². The summed E-state index contributed by atoms with van der Waals surface area (Å²) in [4.78, 5) is 7.98. The van der Waals surface area contributed by atoms with E-state index in [9.17, 15) is 0 Å². The molecule has 2 heterocycles. The number of rotatable bonds is 1. The van der Waals surface area contributed by atoms with Gasteiger partial charge >= 0.3 is 0 Å². The van der Waals surface area contributed by atoms with Crippen molar-refractivity contribution in [1.29, 1.82) is 0 Å². The van der Waals surface area contributed by atoms with Gasteiger partial charge in [-0.05, 0) is 12.1 Å². The summed E-state index contributed by atoms with van der Waals surface area (Å²) in [5, 5.41) is 7.98. The van der Waals surface area contributed by atoms with Crippen LogP contribution < -0.4 is 5.73 Å². The fraction of sp³-hybridized carbons (Fsp3) is 0. The summed E-state index contributed by atoms with van der Waals surface area (Å²) < 4.78 is 1.63. The van der Waals surface area contributed by atoms with Gasteiger partial charge in [-0.2, -0.15) is 9.67 Å². The van der Waals surface area contributed by atoms with Crippen LogP contribution in [0.3, 0.4) is 0 Å². The summed E-state index contributed by atoms with van der Waals surface area (Å²) in [5.41, 5.74) is 7.66. The highest BCUT2D eigenvalue weighted by Crippen LogP contribution is 2.13.